The van der Waals surface area contributed by atoms with Crippen molar-refractivity contribution in [1.29, 1.82) is 5.26 Å². The summed E-state index contributed by atoms with van der Waals surface area (Å²) in [7, 11) is 2.17. The lowest BCUT2D eigenvalue weighted by Gasteiger charge is -2.34. The molecule has 1 fully saturated rings. The molecule has 1 aromatic heterocycles. The molecule has 0 spiro atoms. The van der Waals surface area contributed by atoms with Crippen LogP contribution in [0.5, 0.6) is 0 Å². The van der Waals surface area contributed by atoms with E-state index in [0.717, 1.165) is 37.3 Å². The summed E-state index contributed by atoms with van der Waals surface area (Å²) < 4.78 is 0. The van der Waals surface area contributed by atoms with Gasteiger partial charge in [-0.1, -0.05) is 18.2 Å². The Hall–Kier alpha value is -2.90. The van der Waals surface area contributed by atoms with E-state index < -0.39 is 0 Å². The predicted molar refractivity (Wildman–Crippen MR) is 102 cm³/mol. The van der Waals surface area contributed by atoms with E-state index in [-0.39, 0.29) is 0 Å². The van der Waals surface area contributed by atoms with Crippen molar-refractivity contribution in [2.24, 2.45) is 0 Å². The third-order valence-electron chi connectivity index (χ3n) is 4.94. The second kappa shape index (κ2) is 6.54. The maximum Gasteiger partial charge on any atom is 0.101 e. The molecule has 0 bridgehead atoms. The molecule has 1 saturated heterocycles. The van der Waals surface area contributed by atoms with Crippen molar-refractivity contribution in [2.75, 3.05) is 38.1 Å². The van der Waals surface area contributed by atoms with Crippen LogP contribution in [0.25, 0.3) is 21.9 Å². The quantitative estimate of drug-likeness (QED) is 0.722. The Labute approximate surface area is 147 Å². The molecule has 4 rings (SSSR count). The molecule has 0 saturated carbocycles. The van der Waals surface area contributed by atoms with E-state index in [1.807, 2.05) is 6.07 Å². The Morgan fingerprint density at radius 3 is 2.52 bits per heavy atom. The smallest absolute Gasteiger partial charge is 0.101 e. The van der Waals surface area contributed by atoms with Crippen LogP contribution in [0.15, 0.2) is 54.9 Å². The third kappa shape index (κ3) is 3.07. The van der Waals surface area contributed by atoms with Crippen LogP contribution in [-0.4, -0.2) is 43.1 Å². The van der Waals surface area contributed by atoms with Gasteiger partial charge in [0, 0.05) is 49.8 Å². The van der Waals surface area contributed by atoms with Crippen molar-refractivity contribution in [3.05, 3.63) is 60.4 Å². The van der Waals surface area contributed by atoms with Gasteiger partial charge in [-0.15, -0.1) is 0 Å². The molecule has 124 valence electrons. The van der Waals surface area contributed by atoms with Gasteiger partial charge in [0.25, 0.3) is 0 Å². The van der Waals surface area contributed by atoms with Gasteiger partial charge in [0.2, 0.25) is 0 Å². The fraction of sp³-hybridized carbons (Fsp3) is 0.238. The zero-order valence-electron chi connectivity index (χ0n) is 14.3. The molecule has 4 heteroatoms. The molecule has 1 aliphatic rings. The van der Waals surface area contributed by atoms with Crippen LogP contribution < -0.4 is 4.90 Å². The summed E-state index contributed by atoms with van der Waals surface area (Å²) in [6, 6.07) is 17.2. The summed E-state index contributed by atoms with van der Waals surface area (Å²) in [5.74, 6) is 0. The molecule has 2 heterocycles. The van der Waals surface area contributed by atoms with Crippen molar-refractivity contribution < 1.29 is 0 Å². The zero-order chi connectivity index (χ0) is 17.2. The van der Waals surface area contributed by atoms with Crippen molar-refractivity contribution in [2.45, 2.75) is 0 Å². The van der Waals surface area contributed by atoms with Gasteiger partial charge in [-0.2, -0.15) is 5.26 Å². The molecule has 4 nitrogen and oxygen atoms in total. The number of anilines is 1. The van der Waals surface area contributed by atoms with Crippen molar-refractivity contribution in [3.63, 3.8) is 0 Å². The molecule has 0 N–H and O–H groups in total. The summed E-state index contributed by atoms with van der Waals surface area (Å²) in [6.07, 6.45) is 3.35. The fourth-order valence-electron chi connectivity index (χ4n) is 3.40. The highest BCUT2D eigenvalue weighted by atomic mass is 15.2. The van der Waals surface area contributed by atoms with Gasteiger partial charge < -0.3 is 9.80 Å². The molecule has 0 amide bonds. The number of aromatic nitrogens is 1. The number of pyridine rings is 1. The van der Waals surface area contributed by atoms with Gasteiger partial charge in [-0.3, -0.25) is 4.98 Å². The number of nitrogens with zero attached hydrogens (tertiary/aromatic N) is 4. The minimum atomic E-state index is 0.607. The van der Waals surface area contributed by atoms with E-state index in [9.17, 15) is 5.26 Å². The highest BCUT2D eigenvalue weighted by Crippen LogP contribution is 2.29. The van der Waals surface area contributed by atoms with E-state index in [0.29, 0.717) is 5.56 Å². The zero-order valence-corrected chi connectivity index (χ0v) is 14.3. The molecule has 0 unspecified atom stereocenters. The van der Waals surface area contributed by atoms with E-state index in [1.165, 1.54) is 16.5 Å². The molecule has 3 aromatic rings. The molecule has 0 aliphatic carbocycles. The van der Waals surface area contributed by atoms with Crippen LogP contribution in [0.2, 0.25) is 0 Å². The SMILES string of the molecule is CN1CCN(c2ccc3cc(-c4ccncc4C#N)ccc3c2)CC1. The van der Waals surface area contributed by atoms with Crippen LogP contribution in [0.3, 0.4) is 0 Å². The Morgan fingerprint density at radius 1 is 0.960 bits per heavy atom. The lowest BCUT2D eigenvalue weighted by Crippen LogP contribution is -2.44. The first-order chi connectivity index (χ1) is 12.2. The molecule has 0 radical (unpaired) electrons. The average molecular weight is 328 g/mol. The van der Waals surface area contributed by atoms with Gasteiger partial charge in [-0.05, 0) is 47.6 Å². The number of piperazine rings is 1. The highest BCUT2D eigenvalue weighted by molar-refractivity contribution is 5.90. The third-order valence-corrected chi connectivity index (χ3v) is 4.94. The molecular weight excluding hydrogens is 308 g/mol. The summed E-state index contributed by atoms with van der Waals surface area (Å²) >= 11 is 0. The monoisotopic (exact) mass is 328 g/mol. The fourth-order valence-corrected chi connectivity index (χ4v) is 3.40. The second-order valence-electron chi connectivity index (χ2n) is 6.57. The van der Waals surface area contributed by atoms with Gasteiger partial charge in [0.1, 0.15) is 6.07 Å². The number of likely N-dealkylation sites (N-methyl/N-ethyl adjacent to an activating group) is 1. The van der Waals surface area contributed by atoms with E-state index in [1.54, 1.807) is 12.4 Å². The normalized spacial score (nSPS) is 15.3. The van der Waals surface area contributed by atoms with Crippen LogP contribution in [0.1, 0.15) is 5.56 Å². The summed E-state index contributed by atoms with van der Waals surface area (Å²) in [6.45, 7) is 4.36. The first-order valence-electron chi connectivity index (χ1n) is 8.56. The number of rotatable bonds is 2. The Bertz CT molecular complexity index is 950. The van der Waals surface area contributed by atoms with Crippen molar-refractivity contribution >= 4 is 16.5 Å². The van der Waals surface area contributed by atoms with Crippen LogP contribution in [-0.2, 0) is 0 Å². The Balaban J connectivity index is 1.69. The second-order valence-corrected chi connectivity index (χ2v) is 6.57. The lowest BCUT2D eigenvalue weighted by atomic mass is 9.98. The lowest BCUT2D eigenvalue weighted by molar-refractivity contribution is 0.313. The minimum absolute atomic E-state index is 0.607. The standard InChI is InChI=1S/C21H20N4/c1-24-8-10-25(11-9-24)20-5-4-16-12-18(3-2-17(16)13-20)21-6-7-23-15-19(21)14-22/h2-7,12-13,15H,8-11H2,1H3. The van der Waals surface area contributed by atoms with Gasteiger partial charge >= 0.3 is 0 Å². The van der Waals surface area contributed by atoms with Gasteiger partial charge in [0.15, 0.2) is 0 Å². The number of benzene rings is 2. The number of hydrogen-bond acceptors (Lipinski definition) is 4. The first kappa shape index (κ1) is 15.6. The van der Waals surface area contributed by atoms with Gasteiger partial charge in [-0.25, -0.2) is 0 Å². The van der Waals surface area contributed by atoms with Crippen LogP contribution in [0, 0.1) is 11.3 Å². The number of hydrogen-bond donors (Lipinski definition) is 0. The number of nitriles is 1. The van der Waals surface area contributed by atoms with E-state index in [2.05, 4.69) is 64.3 Å². The topological polar surface area (TPSA) is 43.2 Å². The maximum absolute atomic E-state index is 9.29. The molecule has 25 heavy (non-hydrogen) atoms. The van der Waals surface area contributed by atoms with Gasteiger partial charge in [0.05, 0.1) is 5.56 Å². The number of fused-ring (bicyclic) bond motifs is 1. The molecule has 0 atom stereocenters. The maximum atomic E-state index is 9.29. The predicted octanol–water partition coefficient (Wildman–Crippen LogP) is 3.53. The Kier molecular flexibility index (Phi) is 4.09. The summed E-state index contributed by atoms with van der Waals surface area (Å²) in [4.78, 5) is 8.86. The largest absolute Gasteiger partial charge is 0.369 e. The minimum Gasteiger partial charge on any atom is -0.369 e. The molecule has 1 aliphatic heterocycles. The average Bonchev–Trinajstić information content (AvgIpc) is 2.67. The summed E-state index contributed by atoms with van der Waals surface area (Å²) in [5.41, 5.74) is 3.88. The Morgan fingerprint density at radius 2 is 1.72 bits per heavy atom. The van der Waals surface area contributed by atoms with E-state index >= 15 is 0 Å². The van der Waals surface area contributed by atoms with Crippen molar-refractivity contribution in [1.82, 2.24) is 9.88 Å². The molecule has 2 aromatic carbocycles. The highest BCUT2D eigenvalue weighted by Gasteiger charge is 2.14. The molecular formula is C21H20N4. The van der Waals surface area contributed by atoms with E-state index in [4.69, 9.17) is 0 Å². The van der Waals surface area contributed by atoms with Crippen LogP contribution >= 0.6 is 0 Å². The van der Waals surface area contributed by atoms with Crippen LogP contribution in [0.4, 0.5) is 5.69 Å². The first-order valence-corrected chi connectivity index (χ1v) is 8.56. The van der Waals surface area contributed by atoms with Crippen molar-refractivity contribution in [3.8, 4) is 17.2 Å². The summed E-state index contributed by atoms with van der Waals surface area (Å²) in [5, 5.41) is 11.7.